The molecule has 2 aromatic rings. The Morgan fingerprint density at radius 1 is 1.21 bits per heavy atom. The molecular formula is C20H21NO3. The molecule has 1 atom stereocenters. The fourth-order valence-electron chi connectivity index (χ4n) is 3.63. The SMILES string of the molecule is Cc1cccc(C(=O)CC2(C)C(=O)N(C)c3cccc(CO)c32)c1. The van der Waals surface area contributed by atoms with Crippen LogP contribution in [-0.4, -0.2) is 23.8 Å². The third kappa shape index (κ3) is 2.43. The summed E-state index contributed by atoms with van der Waals surface area (Å²) in [6.45, 7) is 3.58. The van der Waals surface area contributed by atoms with E-state index in [9.17, 15) is 14.7 Å². The molecule has 4 heteroatoms. The van der Waals surface area contributed by atoms with Gasteiger partial charge in [0.05, 0.1) is 12.0 Å². The second-order valence-corrected chi connectivity index (χ2v) is 6.64. The van der Waals surface area contributed by atoms with E-state index in [1.165, 1.54) is 0 Å². The molecule has 0 radical (unpaired) electrons. The van der Waals surface area contributed by atoms with Crippen LogP contribution in [0.5, 0.6) is 0 Å². The number of ketones is 1. The van der Waals surface area contributed by atoms with Crippen LogP contribution in [0.3, 0.4) is 0 Å². The van der Waals surface area contributed by atoms with E-state index < -0.39 is 5.41 Å². The van der Waals surface area contributed by atoms with E-state index in [-0.39, 0.29) is 24.7 Å². The van der Waals surface area contributed by atoms with Gasteiger partial charge in [0.25, 0.3) is 0 Å². The lowest BCUT2D eigenvalue weighted by molar-refractivity contribution is -0.122. The molecule has 124 valence electrons. The van der Waals surface area contributed by atoms with E-state index >= 15 is 0 Å². The Hall–Kier alpha value is -2.46. The predicted molar refractivity (Wildman–Crippen MR) is 93.3 cm³/mol. The number of nitrogens with zero attached hydrogens (tertiary/aromatic N) is 1. The number of fused-ring (bicyclic) bond motifs is 1. The van der Waals surface area contributed by atoms with E-state index in [0.717, 1.165) is 16.8 Å². The van der Waals surface area contributed by atoms with Crippen molar-refractivity contribution in [2.24, 2.45) is 0 Å². The van der Waals surface area contributed by atoms with Crippen LogP contribution in [0.25, 0.3) is 0 Å². The smallest absolute Gasteiger partial charge is 0.237 e. The fraction of sp³-hybridized carbons (Fsp3) is 0.300. The molecule has 1 amide bonds. The van der Waals surface area contributed by atoms with Crippen molar-refractivity contribution in [2.45, 2.75) is 32.3 Å². The Morgan fingerprint density at radius 2 is 1.92 bits per heavy atom. The van der Waals surface area contributed by atoms with Gasteiger partial charge in [-0.05, 0) is 37.1 Å². The van der Waals surface area contributed by atoms with Crippen molar-refractivity contribution in [3.05, 3.63) is 64.7 Å². The summed E-state index contributed by atoms with van der Waals surface area (Å²) in [6, 6.07) is 12.9. The maximum Gasteiger partial charge on any atom is 0.237 e. The molecule has 4 nitrogen and oxygen atoms in total. The van der Waals surface area contributed by atoms with Crippen LogP contribution in [-0.2, 0) is 16.8 Å². The molecule has 1 aliphatic rings. The van der Waals surface area contributed by atoms with Gasteiger partial charge in [-0.15, -0.1) is 0 Å². The summed E-state index contributed by atoms with van der Waals surface area (Å²) < 4.78 is 0. The number of rotatable bonds is 4. The first kappa shape index (κ1) is 16.4. The standard InChI is InChI=1S/C20H21NO3/c1-13-6-4-7-14(10-13)17(23)11-20(2)18-15(12-22)8-5-9-16(18)21(3)19(20)24/h4-10,22H,11-12H2,1-3H3. The zero-order valence-electron chi connectivity index (χ0n) is 14.2. The summed E-state index contributed by atoms with van der Waals surface area (Å²) in [5, 5.41) is 9.68. The lowest BCUT2D eigenvalue weighted by atomic mass is 9.76. The lowest BCUT2D eigenvalue weighted by Crippen LogP contribution is -2.38. The van der Waals surface area contributed by atoms with E-state index in [2.05, 4.69) is 0 Å². The number of aryl methyl sites for hydroxylation is 1. The average molecular weight is 323 g/mol. The number of aliphatic hydroxyl groups excluding tert-OH is 1. The third-order valence-corrected chi connectivity index (χ3v) is 4.84. The predicted octanol–water partition coefficient (Wildman–Crippen LogP) is 2.99. The summed E-state index contributed by atoms with van der Waals surface area (Å²) in [5.74, 6) is -0.178. The number of Topliss-reactive ketones (excluding diaryl/α,β-unsaturated/α-hetero) is 1. The van der Waals surface area contributed by atoms with Gasteiger partial charge in [-0.2, -0.15) is 0 Å². The molecule has 0 aliphatic carbocycles. The number of hydrogen-bond acceptors (Lipinski definition) is 3. The van der Waals surface area contributed by atoms with Crippen LogP contribution in [0.2, 0.25) is 0 Å². The minimum atomic E-state index is -0.954. The summed E-state index contributed by atoms with van der Waals surface area (Å²) in [6.07, 6.45) is 0.0869. The third-order valence-electron chi connectivity index (χ3n) is 4.84. The quantitative estimate of drug-likeness (QED) is 0.880. The van der Waals surface area contributed by atoms with Crippen LogP contribution < -0.4 is 4.90 Å². The van der Waals surface area contributed by atoms with Gasteiger partial charge in [-0.25, -0.2) is 0 Å². The van der Waals surface area contributed by atoms with Crippen LogP contribution in [0.15, 0.2) is 42.5 Å². The molecule has 2 aromatic carbocycles. The fourth-order valence-corrected chi connectivity index (χ4v) is 3.63. The van der Waals surface area contributed by atoms with Crippen LogP contribution in [0.1, 0.15) is 40.4 Å². The van der Waals surface area contributed by atoms with Gasteiger partial charge < -0.3 is 10.0 Å². The summed E-state index contributed by atoms with van der Waals surface area (Å²) >= 11 is 0. The first-order chi connectivity index (χ1) is 11.4. The lowest BCUT2D eigenvalue weighted by Gasteiger charge is -2.24. The zero-order chi connectivity index (χ0) is 17.5. The van der Waals surface area contributed by atoms with Crippen molar-refractivity contribution in [3.63, 3.8) is 0 Å². The van der Waals surface area contributed by atoms with E-state index in [0.29, 0.717) is 11.1 Å². The van der Waals surface area contributed by atoms with Gasteiger partial charge in [-0.1, -0.05) is 35.9 Å². The Morgan fingerprint density at radius 3 is 2.58 bits per heavy atom. The molecule has 1 unspecified atom stereocenters. The largest absolute Gasteiger partial charge is 0.392 e. The van der Waals surface area contributed by atoms with Crippen LogP contribution >= 0.6 is 0 Å². The molecule has 0 saturated heterocycles. The van der Waals surface area contributed by atoms with Gasteiger partial charge in [0.2, 0.25) is 5.91 Å². The average Bonchev–Trinajstić information content (AvgIpc) is 2.77. The molecule has 1 heterocycles. The van der Waals surface area contributed by atoms with Gasteiger partial charge in [-0.3, -0.25) is 9.59 Å². The monoisotopic (exact) mass is 323 g/mol. The molecule has 24 heavy (non-hydrogen) atoms. The van der Waals surface area contributed by atoms with Crippen LogP contribution in [0.4, 0.5) is 5.69 Å². The van der Waals surface area contributed by atoms with Crippen molar-refractivity contribution in [3.8, 4) is 0 Å². The van der Waals surface area contributed by atoms with Crippen molar-refractivity contribution in [2.75, 3.05) is 11.9 Å². The van der Waals surface area contributed by atoms with Gasteiger partial charge >= 0.3 is 0 Å². The first-order valence-corrected chi connectivity index (χ1v) is 7.99. The Bertz CT molecular complexity index is 827. The number of amides is 1. The Kier molecular flexibility index (Phi) is 4.01. The molecule has 0 saturated carbocycles. The second kappa shape index (κ2) is 5.87. The van der Waals surface area contributed by atoms with E-state index in [1.54, 1.807) is 31.0 Å². The maximum absolute atomic E-state index is 12.9. The summed E-state index contributed by atoms with van der Waals surface area (Å²) in [5.41, 5.74) is 2.90. The Balaban J connectivity index is 2.05. The Labute approximate surface area is 141 Å². The molecule has 1 N–H and O–H groups in total. The number of anilines is 1. The van der Waals surface area contributed by atoms with E-state index in [4.69, 9.17) is 0 Å². The highest BCUT2D eigenvalue weighted by Gasteiger charge is 2.48. The topological polar surface area (TPSA) is 57.6 Å². The minimum Gasteiger partial charge on any atom is -0.392 e. The zero-order valence-corrected chi connectivity index (χ0v) is 14.2. The van der Waals surface area contributed by atoms with Crippen molar-refractivity contribution in [1.82, 2.24) is 0 Å². The first-order valence-electron chi connectivity index (χ1n) is 7.99. The number of hydrogen-bond donors (Lipinski definition) is 1. The molecule has 0 fully saturated rings. The van der Waals surface area contributed by atoms with Gasteiger partial charge in [0, 0.05) is 24.7 Å². The maximum atomic E-state index is 12.9. The highest BCUT2D eigenvalue weighted by molar-refractivity contribution is 6.11. The van der Waals surface area contributed by atoms with Crippen molar-refractivity contribution >= 4 is 17.4 Å². The van der Waals surface area contributed by atoms with Gasteiger partial charge in [0.15, 0.2) is 5.78 Å². The highest BCUT2D eigenvalue weighted by atomic mass is 16.3. The summed E-state index contributed by atoms with van der Waals surface area (Å²) in [7, 11) is 1.71. The van der Waals surface area contributed by atoms with Gasteiger partial charge in [0.1, 0.15) is 0 Å². The second-order valence-electron chi connectivity index (χ2n) is 6.64. The molecule has 0 spiro atoms. The van der Waals surface area contributed by atoms with Crippen molar-refractivity contribution < 1.29 is 14.7 Å². The normalized spacial score (nSPS) is 19.5. The molecule has 3 rings (SSSR count). The molecular weight excluding hydrogens is 302 g/mol. The van der Waals surface area contributed by atoms with Crippen molar-refractivity contribution in [1.29, 1.82) is 0 Å². The highest BCUT2D eigenvalue weighted by Crippen LogP contribution is 2.45. The van der Waals surface area contributed by atoms with Crippen LogP contribution in [0, 0.1) is 6.92 Å². The number of aliphatic hydroxyl groups is 1. The molecule has 1 aliphatic heterocycles. The molecule has 0 bridgehead atoms. The number of benzene rings is 2. The number of carbonyl (C=O) groups excluding carboxylic acids is 2. The minimum absolute atomic E-state index is 0.0662. The number of likely N-dealkylation sites (N-methyl/N-ethyl adjacent to an activating group) is 1. The summed E-state index contributed by atoms with van der Waals surface area (Å²) in [4.78, 5) is 27.2. The molecule has 0 aromatic heterocycles. The number of carbonyl (C=O) groups is 2. The van der Waals surface area contributed by atoms with E-state index in [1.807, 2.05) is 37.3 Å².